The summed E-state index contributed by atoms with van der Waals surface area (Å²) in [4.78, 5) is 23.4. The predicted octanol–water partition coefficient (Wildman–Crippen LogP) is 3.05. The summed E-state index contributed by atoms with van der Waals surface area (Å²) in [5, 5.41) is 12.1. The van der Waals surface area contributed by atoms with Gasteiger partial charge in [0.25, 0.3) is 0 Å². The summed E-state index contributed by atoms with van der Waals surface area (Å²) < 4.78 is 0. The first kappa shape index (κ1) is 17.4. The third-order valence-electron chi connectivity index (χ3n) is 3.51. The SMILES string of the molecule is CCCCCNC(CC(=O)O)C(=O)c1ccc(CC)cc1. The summed E-state index contributed by atoms with van der Waals surface area (Å²) >= 11 is 0. The lowest BCUT2D eigenvalue weighted by atomic mass is 9.99. The van der Waals surface area contributed by atoms with Crippen molar-refractivity contribution in [2.24, 2.45) is 0 Å². The molecule has 0 aliphatic heterocycles. The van der Waals surface area contributed by atoms with Gasteiger partial charge < -0.3 is 10.4 Å². The van der Waals surface area contributed by atoms with Crippen LogP contribution in [0.15, 0.2) is 24.3 Å². The highest BCUT2D eigenvalue weighted by atomic mass is 16.4. The number of carbonyl (C=O) groups is 2. The Morgan fingerprint density at radius 3 is 2.33 bits per heavy atom. The molecule has 4 nitrogen and oxygen atoms in total. The molecule has 21 heavy (non-hydrogen) atoms. The molecule has 0 aromatic heterocycles. The maximum Gasteiger partial charge on any atom is 0.305 e. The van der Waals surface area contributed by atoms with Crippen LogP contribution < -0.4 is 5.32 Å². The Hall–Kier alpha value is -1.68. The number of aryl methyl sites for hydroxylation is 1. The number of ketones is 1. The van der Waals surface area contributed by atoms with Crippen molar-refractivity contribution in [2.45, 2.75) is 52.0 Å². The van der Waals surface area contributed by atoms with E-state index in [0.717, 1.165) is 31.2 Å². The zero-order valence-corrected chi connectivity index (χ0v) is 12.9. The van der Waals surface area contributed by atoms with E-state index < -0.39 is 12.0 Å². The summed E-state index contributed by atoms with van der Waals surface area (Å²) in [5.41, 5.74) is 1.73. The van der Waals surface area contributed by atoms with Crippen molar-refractivity contribution in [2.75, 3.05) is 6.54 Å². The normalized spacial score (nSPS) is 12.1. The Labute approximate surface area is 126 Å². The third kappa shape index (κ3) is 6.08. The number of aliphatic carboxylic acids is 1. The van der Waals surface area contributed by atoms with Crippen LogP contribution in [0.25, 0.3) is 0 Å². The molecule has 1 aromatic rings. The van der Waals surface area contributed by atoms with Crippen LogP contribution in [0.3, 0.4) is 0 Å². The number of hydrogen-bond acceptors (Lipinski definition) is 3. The molecular weight excluding hydrogens is 266 g/mol. The Kier molecular flexibility index (Phi) is 7.69. The molecule has 4 heteroatoms. The highest BCUT2D eigenvalue weighted by Gasteiger charge is 2.22. The van der Waals surface area contributed by atoms with Crippen LogP contribution >= 0.6 is 0 Å². The molecule has 0 aliphatic carbocycles. The average Bonchev–Trinajstić information content (AvgIpc) is 2.49. The lowest BCUT2D eigenvalue weighted by molar-refractivity contribution is -0.137. The molecule has 0 heterocycles. The lowest BCUT2D eigenvalue weighted by Crippen LogP contribution is -2.39. The Balaban J connectivity index is 2.70. The topological polar surface area (TPSA) is 66.4 Å². The van der Waals surface area contributed by atoms with Gasteiger partial charge in [0.15, 0.2) is 5.78 Å². The fraction of sp³-hybridized carbons (Fsp3) is 0.529. The van der Waals surface area contributed by atoms with Crippen LogP contribution in [-0.2, 0) is 11.2 Å². The fourth-order valence-corrected chi connectivity index (χ4v) is 2.19. The van der Waals surface area contributed by atoms with Gasteiger partial charge in [-0.3, -0.25) is 9.59 Å². The van der Waals surface area contributed by atoms with E-state index in [-0.39, 0.29) is 12.2 Å². The number of rotatable bonds is 10. The van der Waals surface area contributed by atoms with Crippen LogP contribution in [-0.4, -0.2) is 29.4 Å². The first-order chi connectivity index (χ1) is 10.1. The molecule has 1 aromatic carbocycles. The maximum absolute atomic E-state index is 12.4. The van der Waals surface area contributed by atoms with Gasteiger partial charge in [0.2, 0.25) is 0 Å². The summed E-state index contributed by atoms with van der Waals surface area (Å²) in [5.74, 6) is -1.10. The number of nitrogens with one attached hydrogen (secondary N) is 1. The number of benzene rings is 1. The second-order valence-electron chi connectivity index (χ2n) is 5.23. The number of carbonyl (C=O) groups excluding carboxylic acids is 1. The molecule has 1 unspecified atom stereocenters. The van der Waals surface area contributed by atoms with E-state index in [1.807, 2.05) is 12.1 Å². The second-order valence-corrected chi connectivity index (χ2v) is 5.23. The predicted molar refractivity (Wildman–Crippen MR) is 83.7 cm³/mol. The molecule has 0 radical (unpaired) electrons. The number of carboxylic acid groups (broad SMARTS) is 1. The molecule has 0 saturated carbocycles. The van der Waals surface area contributed by atoms with Gasteiger partial charge in [0.05, 0.1) is 12.5 Å². The van der Waals surface area contributed by atoms with E-state index in [1.165, 1.54) is 0 Å². The minimum Gasteiger partial charge on any atom is -0.481 e. The number of carboxylic acids is 1. The summed E-state index contributed by atoms with van der Waals surface area (Å²) in [7, 11) is 0. The molecule has 0 spiro atoms. The van der Waals surface area contributed by atoms with Crippen molar-refractivity contribution in [3.05, 3.63) is 35.4 Å². The molecule has 0 aliphatic rings. The van der Waals surface area contributed by atoms with E-state index in [1.54, 1.807) is 12.1 Å². The largest absolute Gasteiger partial charge is 0.481 e. The molecule has 2 N–H and O–H groups in total. The highest BCUT2D eigenvalue weighted by Crippen LogP contribution is 2.10. The number of Topliss-reactive ketones (excluding diaryl/α,β-unsaturated/α-hetero) is 1. The van der Waals surface area contributed by atoms with Crippen LogP contribution in [0.5, 0.6) is 0 Å². The minimum atomic E-state index is -0.957. The van der Waals surface area contributed by atoms with E-state index in [9.17, 15) is 9.59 Å². The van der Waals surface area contributed by atoms with Crippen molar-refractivity contribution in [3.63, 3.8) is 0 Å². The summed E-state index contributed by atoms with van der Waals surface area (Å²) in [6, 6.07) is 6.75. The van der Waals surface area contributed by atoms with E-state index in [2.05, 4.69) is 19.2 Å². The average molecular weight is 291 g/mol. The molecular formula is C17H25NO3. The molecule has 0 amide bonds. The zero-order chi connectivity index (χ0) is 15.7. The molecule has 0 saturated heterocycles. The van der Waals surface area contributed by atoms with Crippen molar-refractivity contribution in [3.8, 4) is 0 Å². The maximum atomic E-state index is 12.4. The second kappa shape index (κ2) is 9.29. The molecule has 1 rings (SSSR count). The number of unbranched alkanes of at least 4 members (excludes halogenated alkanes) is 2. The highest BCUT2D eigenvalue weighted by molar-refractivity contribution is 6.01. The van der Waals surface area contributed by atoms with Gasteiger partial charge in [-0.15, -0.1) is 0 Å². The van der Waals surface area contributed by atoms with Gasteiger partial charge in [0.1, 0.15) is 0 Å². The quantitative estimate of drug-likeness (QED) is 0.513. The molecule has 116 valence electrons. The first-order valence-corrected chi connectivity index (χ1v) is 7.66. The van der Waals surface area contributed by atoms with Gasteiger partial charge in [0, 0.05) is 5.56 Å². The smallest absolute Gasteiger partial charge is 0.305 e. The fourth-order valence-electron chi connectivity index (χ4n) is 2.19. The van der Waals surface area contributed by atoms with Crippen LogP contribution in [0, 0.1) is 0 Å². The monoisotopic (exact) mass is 291 g/mol. The van der Waals surface area contributed by atoms with Crippen LogP contribution in [0.1, 0.15) is 55.5 Å². The first-order valence-electron chi connectivity index (χ1n) is 7.66. The third-order valence-corrected chi connectivity index (χ3v) is 3.51. The standard InChI is InChI=1S/C17H25NO3/c1-3-5-6-11-18-15(12-16(19)20)17(21)14-9-7-13(4-2)8-10-14/h7-10,15,18H,3-6,11-12H2,1-2H3,(H,19,20). The number of hydrogen-bond donors (Lipinski definition) is 2. The van der Waals surface area contributed by atoms with Crippen molar-refractivity contribution >= 4 is 11.8 Å². The van der Waals surface area contributed by atoms with E-state index in [4.69, 9.17) is 5.11 Å². The van der Waals surface area contributed by atoms with Gasteiger partial charge in [-0.05, 0) is 24.9 Å². The molecule has 0 fully saturated rings. The van der Waals surface area contributed by atoms with Crippen molar-refractivity contribution in [1.29, 1.82) is 0 Å². The van der Waals surface area contributed by atoms with Gasteiger partial charge >= 0.3 is 5.97 Å². The van der Waals surface area contributed by atoms with Crippen LogP contribution in [0.4, 0.5) is 0 Å². The van der Waals surface area contributed by atoms with Gasteiger partial charge in [-0.2, -0.15) is 0 Å². The zero-order valence-electron chi connectivity index (χ0n) is 12.9. The van der Waals surface area contributed by atoms with E-state index >= 15 is 0 Å². The molecule has 1 atom stereocenters. The van der Waals surface area contributed by atoms with Crippen molar-refractivity contribution < 1.29 is 14.7 Å². The van der Waals surface area contributed by atoms with Gasteiger partial charge in [-0.25, -0.2) is 0 Å². The lowest BCUT2D eigenvalue weighted by Gasteiger charge is -2.16. The van der Waals surface area contributed by atoms with Crippen LogP contribution in [0.2, 0.25) is 0 Å². The Morgan fingerprint density at radius 2 is 1.81 bits per heavy atom. The van der Waals surface area contributed by atoms with Gasteiger partial charge in [-0.1, -0.05) is 51.0 Å². The van der Waals surface area contributed by atoms with Crippen molar-refractivity contribution in [1.82, 2.24) is 5.32 Å². The minimum absolute atomic E-state index is 0.142. The molecule has 0 bridgehead atoms. The Bertz CT molecular complexity index is 454. The Morgan fingerprint density at radius 1 is 1.14 bits per heavy atom. The summed E-state index contributed by atoms with van der Waals surface area (Å²) in [6.07, 6.45) is 3.86. The summed E-state index contributed by atoms with van der Waals surface area (Å²) in [6.45, 7) is 4.83. The van der Waals surface area contributed by atoms with E-state index in [0.29, 0.717) is 12.1 Å².